The van der Waals surface area contributed by atoms with Crippen LogP contribution in [0, 0.1) is 13.8 Å². The van der Waals surface area contributed by atoms with Crippen LogP contribution in [0.25, 0.3) is 0 Å². The summed E-state index contributed by atoms with van der Waals surface area (Å²) in [7, 11) is 0. The molecule has 2 aromatic heterocycles. The first-order chi connectivity index (χ1) is 14.4. The Bertz CT molecular complexity index is 1050. The number of aromatic nitrogens is 4. The molecule has 3 aromatic rings. The third kappa shape index (κ3) is 4.52. The first-order valence-electron chi connectivity index (χ1n) is 10.4. The molecule has 30 heavy (non-hydrogen) atoms. The smallest absolute Gasteiger partial charge is 0.264 e. The molecule has 2 N–H and O–H groups in total. The zero-order valence-corrected chi connectivity index (χ0v) is 18.7. The molecule has 1 aliphatic rings. The lowest BCUT2D eigenvalue weighted by atomic mass is 9.74. The number of piperidine rings is 1. The molecule has 1 aliphatic heterocycles. The highest BCUT2D eigenvalue weighted by Crippen LogP contribution is 2.35. The molecule has 0 spiro atoms. The maximum absolute atomic E-state index is 12.7. The number of nitrogens with zero attached hydrogens (tertiary/aromatic N) is 3. The van der Waals surface area contributed by atoms with Crippen LogP contribution in [0.1, 0.15) is 48.1 Å². The van der Waals surface area contributed by atoms with Crippen LogP contribution in [-0.2, 0) is 17.7 Å². The fourth-order valence-corrected chi connectivity index (χ4v) is 5.12. The van der Waals surface area contributed by atoms with E-state index in [-0.39, 0.29) is 11.0 Å². The van der Waals surface area contributed by atoms with Crippen LogP contribution in [0.4, 0.5) is 0 Å². The lowest BCUT2D eigenvalue weighted by molar-refractivity contribution is 0.158. The molecule has 3 heterocycles. The largest absolute Gasteiger partial charge is 0.308 e. The Labute approximate surface area is 181 Å². The van der Waals surface area contributed by atoms with Crippen LogP contribution in [-0.4, -0.2) is 38.2 Å². The summed E-state index contributed by atoms with van der Waals surface area (Å²) in [6, 6.07) is 10.8. The SMILES string of the molecule is Cc1nc(CN2CCC(C)(c3ccccc3)CC2)[nH]c(=O)c1SCc1cn[nH]c1C. The van der Waals surface area contributed by atoms with Gasteiger partial charge in [-0.3, -0.25) is 14.8 Å². The highest BCUT2D eigenvalue weighted by molar-refractivity contribution is 7.98. The van der Waals surface area contributed by atoms with Crippen LogP contribution >= 0.6 is 11.8 Å². The molecule has 0 atom stereocenters. The number of hydrogen-bond donors (Lipinski definition) is 2. The van der Waals surface area contributed by atoms with Gasteiger partial charge < -0.3 is 4.98 Å². The van der Waals surface area contributed by atoms with Crippen molar-refractivity contribution in [2.45, 2.75) is 56.2 Å². The van der Waals surface area contributed by atoms with Gasteiger partial charge in [-0.2, -0.15) is 5.10 Å². The number of rotatable bonds is 6. The predicted octanol–water partition coefficient (Wildman–Crippen LogP) is 3.96. The molecule has 0 radical (unpaired) electrons. The standard InChI is InChI=1S/C23H29N5OS/c1-16-18(13-24-27-16)15-30-21-17(2)25-20(26-22(21)29)14-28-11-9-23(3,10-12-28)19-7-5-4-6-8-19/h4-8,13H,9-12,14-15H2,1-3H3,(H,24,27)(H,25,26,29). The molecule has 1 fully saturated rings. The van der Waals surface area contributed by atoms with Gasteiger partial charge in [-0.1, -0.05) is 37.3 Å². The molecule has 1 aromatic carbocycles. The lowest BCUT2D eigenvalue weighted by Gasteiger charge is -2.39. The third-order valence-corrected chi connectivity index (χ3v) is 7.43. The monoisotopic (exact) mass is 423 g/mol. The first kappa shape index (κ1) is 20.9. The number of benzene rings is 1. The molecule has 7 heteroatoms. The van der Waals surface area contributed by atoms with Gasteiger partial charge in [0.25, 0.3) is 5.56 Å². The van der Waals surface area contributed by atoms with Crippen LogP contribution in [0.5, 0.6) is 0 Å². The average Bonchev–Trinajstić information content (AvgIpc) is 3.15. The summed E-state index contributed by atoms with van der Waals surface area (Å²) in [6.45, 7) is 8.97. The second kappa shape index (κ2) is 8.78. The molecular weight excluding hydrogens is 394 g/mol. The van der Waals surface area contributed by atoms with Crippen LogP contribution in [0.2, 0.25) is 0 Å². The van der Waals surface area contributed by atoms with Gasteiger partial charge in [0.2, 0.25) is 0 Å². The Morgan fingerprint density at radius 1 is 1.17 bits per heavy atom. The summed E-state index contributed by atoms with van der Waals surface area (Å²) in [5, 5.41) is 6.98. The third-order valence-electron chi connectivity index (χ3n) is 6.21. The van der Waals surface area contributed by atoms with Gasteiger partial charge in [-0.25, -0.2) is 4.98 Å². The Kier molecular flexibility index (Phi) is 6.11. The zero-order chi connectivity index (χ0) is 21.1. The number of aryl methyl sites for hydroxylation is 2. The van der Waals surface area contributed by atoms with E-state index in [4.69, 9.17) is 4.98 Å². The summed E-state index contributed by atoms with van der Waals surface area (Å²) < 4.78 is 0. The van der Waals surface area contributed by atoms with Crippen molar-refractivity contribution in [3.63, 3.8) is 0 Å². The molecule has 4 rings (SSSR count). The predicted molar refractivity (Wildman–Crippen MR) is 121 cm³/mol. The Balaban J connectivity index is 1.39. The molecule has 1 saturated heterocycles. The fraction of sp³-hybridized carbons (Fsp3) is 0.435. The number of aromatic amines is 2. The highest BCUT2D eigenvalue weighted by Gasteiger charge is 2.31. The summed E-state index contributed by atoms with van der Waals surface area (Å²) in [6.07, 6.45) is 4.03. The van der Waals surface area contributed by atoms with E-state index in [0.717, 1.165) is 48.7 Å². The van der Waals surface area contributed by atoms with E-state index in [1.807, 2.05) is 20.0 Å². The van der Waals surface area contributed by atoms with Gasteiger partial charge in [-0.15, -0.1) is 11.8 Å². The van der Waals surface area contributed by atoms with E-state index in [0.29, 0.717) is 17.2 Å². The number of H-pyrrole nitrogens is 2. The summed E-state index contributed by atoms with van der Waals surface area (Å²) in [5.74, 6) is 1.46. The number of hydrogen-bond acceptors (Lipinski definition) is 5. The van der Waals surface area contributed by atoms with Crippen molar-refractivity contribution in [2.75, 3.05) is 13.1 Å². The molecule has 0 saturated carbocycles. The van der Waals surface area contributed by atoms with Crippen molar-refractivity contribution in [3.8, 4) is 0 Å². The Morgan fingerprint density at radius 3 is 2.53 bits per heavy atom. The summed E-state index contributed by atoms with van der Waals surface area (Å²) in [4.78, 5) is 23.5. The van der Waals surface area contributed by atoms with E-state index >= 15 is 0 Å². The average molecular weight is 424 g/mol. The molecule has 0 bridgehead atoms. The zero-order valence-electron chi connectivity index (χ0n) is 17.9. The van der Waals surface area contributed by atoms with Gasteiger partial charge in [0.1, 0.15) is 5.82 Å². The molecule has 6 nitrogen and oxygen atoms in total. The molecule has 0 amide bonds. The minimum absolute atomic E-state index is 0.0465. The van der Waals surface area contributed by atoms with E-state index in [1.165, 1.54) is 17.3 Å². The maximum Gasteiger partial charge on any atom is 0.264 e. The minimum Gasteiger partial charge on any atom is -0.308 e. The molecule has 0 unspecified atom stereocenters. The first-order valence-corrected chi connectivity index (χ1v) is 11.4. The molecule has 158 valence electrons. The second-order valence-corrected chi connectivity index (χ2v) is 9.42. The number of likely N-dealkylation sites (tertiary alicyclic amines) is 1. The van der Waals surface area contributed by atoms with Gasteiger partial charge in [0.05, 0.1) is 23.3 Å². The number of nitrogens with one attached hydrogen (secondary N) is 2. The molecular formula is C23H29N5OS. The van der Waals surface area contributed by atoms with Crippen molar-refractivity contribution in [1.82, 2.24) is 25.1 Å². The van der Waals surface area contributed by atoms with Crippen molar-refractivity contribution in [2.24, 2.45) is 0 Å². The number of thioether (sulfide) groups is 1. The highest BCUT2D eigenvalue weighted by atomic mass is 32.2. The topological polar surface area (TPSA) is 77.7 Å². The van der Waals surface area contributed by atoms with Crippen LogP contribution < -0.4 is 5.56 Å². The second-order valence-electron chi connectivity index (χ2n) is 8.44. The van der Waals surface area contributed by atoms with Crippen molar-refractivity contribution >= 4 is 11.8 Å². The van der Waals surface area contributed by atoms with Gasteiger partial charge in [0.15, 0.2) is 0 Å². The summed E-state index contributed by atoms with van der Waals surface area (Å²) >= 11 is 1.52. The normalized spacial score (nSPS) is 16.6. The Morgan fingerprint density at radius 2 is 1.90 bits per heavy atom. The van der Waals surface area contributed by atoms with Gasteiger partial charge in [-0.05, 0) is 50.8 Å². The van der Waals surface area contributed by atoms with E-state index in [1.54, 1.807) is 0 Å². The Hall–Kier alpha value is -2.38. The summed E-state index contributed by atoms with van der Waals surface area (Å²) in [5.41, 5.74) is 4.54. The van der Waals surface area contributed by atoms with Crippen molar-refractivity contribution in [1.29, 1.82) is 0 Å². The van der Waals surface area contributed by atoms with Crippen LogP contribution in [0.15, 0.2) is 46.2 Å². The van der Waals surface area contributed by atoms with Crippen molar-refractivity contribution < 1.29 is 0 Å². The van der Waals surface area contributed by atoms with E-state index in [9.17, 15) is 4.79 Å². The maximum atomic E-state index is 12.7. The fourth-order valence-electron chi connectivity index (χ4n) is 4.09. The lowest BCUT2D eigenvalue weighted by Crippen LogP contribution is -2.41. The minimum atomic E-state index is -0.0465. The van der Waals surface area contributed by atoms with Gasteiger partial charge >= 0.3 is 0 Å². The quantitative estimate of drug-likeness (QED) is 0.587. The molecule has 0 aliphatic carbocycles. The van der Waals surface area contributed by atoms with E-state index in [2.05, 4.69) is 57.3 Å². The van der Waals surface area contributed by atoms with Gasteiger partial charge in [0, 0.05) is 17.0 Å². The van der Waals surface area contributed by atoms with Crippen LogP contribution in [0.3, 0.4) is 0 Å². The van der Waals surface area contributed by atoms with E-state index < -0.39 is 0 Å². The van der Waals surface area contributed by atoms with Crippen molar-refractivity contribution in [3.05, 3.63) is 75.2 Å².